The number of hydrogen-bond donors (Lipinski definition) is 1. The van der Waals surface area contributed by atoms with Crippen molar-refractivity contribution in [1.29, 1.82) is 0 Å². The van der Waals surface area contributed by atoms with Gasteiger partial charge in [0, 0.05) is 60.1 Å². The van der Waals surface area contributed by atoms with Crippen LogP contribution in [0.2, 0.25) is 0 Å². The molecule has 8 aromatic rings. The van der Waals surface area contributed by atoms with Crippen LogP contribution in [-0.4, -0.2) is 93.5 Å². The van der Waals surface area contributed by atoms with Gasteiger partial charge in [0.05, 0.1) is 49.3 Å². The minimum Gasteiger partial charge on any atom is -0.304 e. The van der Waals surface area contributed by atoms with Gasteiger partial charge >= 0.3 is 0 Å². The number of imidazole rings is 2. The van der Waals surface area contributed by atoms with Crippen LogP contribution < -0.4 is 0 Å². The minimum atomic E-state index is -0.409. The van der Waals surface area contributed by atoms with E-state index in [4.69, 9.17) is 4.98 Å². The summed E-state index contributed by atoms with van der Waals surface area (Å²) in [6, 6.07) is 2.87. The molecule has 290 valence electrons. The van der Waals surface area contributed by atoms with Crippen molar-refractivity contribution in [1.82, 2.24) is 73.9 Å². The van der Waals surface area contributed by atoms with E-state index < -0.39 is 11.6 Å². The number of hydrogen-bond acceptors (Lipinski definition) is 11. The summed E-state index contributed by atoms with van der Waals surface area (Å²) in [7, 11) is 0. The molecule has 0 radical (unpaired) electrons. The first kappa shape index (κ1) is 36.3. The van der Waals surface area contributed by atoms with E-state index in [0.717, 1.165) is 46.1 Å². The molecule has 17 heteroatoms. The maximum atomic E-state index is 14.0. The summed E-state index contributed by atoms with van der Waals surface area (Å²) in [5.41, 5.74) is 7.70. The number of nitrogens with zero attached hydrogens (tertiary/aromatic N) is 14. The van der Waals surface area contributed by atoms with Gasteiger partial charge in [0.15, 0.2) is 11.3 Å². The summed E-state index contributed by atoms with van der Waals surface area (Å²) >= 11 is 0. The molecule has 11 rings (SSSR count). The molecule has 0 spiro atoms. The van der Waals surface area contributed by atoms with Gasteiger partial charge in [0.25, 0.3) is 0 Å². The van der Waals surface area contributed by atoms with Crippen molar-refractivity contribution in [3.05, 3.63) is 108 Å². The average molecular weight is 770 g/mol. The SMILES string of the molecule is Cc1nc(C)c2nc(-c3cncc(F)c3)n(Cc3cn[nH]c3)c2n1.Cc1nc(C)c2nc(-c3cncc(F)c3)n(Cc3cnn(CC4CN5CCC4CC5)c3)c2n1. The molecule has 3 fully saturated rings. The van der Waals surface area contributed by atoms with Crippen LogP contribution in [0.15, 0.2) is 61.7 Å². The third kappa shape index (κ3) is 7.37. The van der Waals surface area contributed by atoms with E-state index >= 15 is 0 Å². The lowest BCUT2D eigenvalue weighted by Crippen LogP contribution is -2.48. The van der Waals surface area contributed by atoms with Crippen molar-refractivity contribution in [3.63, 3.8) is 0 Å². The number of aromatic amines is 1. The van der Waals surface area contributed by atoms with Crippen LogP contribution in [0, 0.1) is 51.2 Å². The van der Waals surface area contributed by atoms with Crippen molar-refractivity contribution in [2.24, 2.45) is 11.8 Å². The van der Waals surface area contributed by atoms with Crippen LogP contribution in [0.1, 0.15) is 47.0 Å². The fourth-order valence-corrected chi connectivity index (χ4v) is 8.21. The molecule has 3 saturated heterocycles. The van der Waals surface area contributed by atoms with E-state index in [9.17, 15) is 8.78 Å². The first-order valence-corrected chi connectivity index (χ1v) is 19.0. The topological polar surface area (TPSA) is 163 Å². The fourth-order valence-electron chi connectivity index (χ4n) is 8.21. The van der Waals surface area contributed by atoms with Crippen molar-refractivity contribution < 1.29 is 8.78 Å². The Morgan fingerprint density at radius 2 is 1.26 bits per heavy atom. The predicted octanol–water partition coefficient (Wildman–Crippen LogP) is 5.65. The maximum Gasteiger partial charge on any atom is 0.164 e. The molecule has 0 aromatic carbocycles. The molecular formula is C40H41F2N15. The lowest BCUT2D eigenvalue weighted by Gasteiger charge is -2.44. The second kappa shape index (κ2) is 14.9. The quantitative estimate of drug-likeness (QED) is 0.203. The molecule has 15 nitrogen and oxygen atoms in total. The smallest absolute Gasteiger partial charge is 0.164 e. The highest BCUT2D eigenvalue weighted by Gasteiger charge is 2.34. The molecule has 1 N–H and O–H groups in total. The molecule has 0 saturated carbocycles. The van der Waals surface area contributed by atoms with Crippen LogP contribution in [0.25, 0.3) is 45.1 Å². The molecule has 2 bridgehead atoms. The zero-order chi connectivity index (χ0) is 39.2. The Morgan fingerprint density at radius 3 is 1.77 bits per heavy atom. The molecule has 1 unspecified atom stereocenters. The second-order valence-corrected chi connectivity index (χ2v) is 15.0. The Balaban J connectivity index is 0.000000156. The van der Waals surface area contributed by atoms with E-state index in [1.54, 1.807) is 24.8 Å². The lowest BCUT2D eigenvalue weighted by atomic mass is 9.79. The van der Waals surface area contributed by atoms with Gasteiger partial charge in [-0.3, -0.25) is 19.7 Å². The van der Waals surface area contributed by atoms with Gasteiger partial charge in [-0.25, -0.2) is 38.7 Å². The zero-order valence-electron chi connectivity index (χ0n) is 32.1. The molecule has 11 heterocycles. The van der Waals surface area contributed by atoms with Crippen LogP contribution in [0.3, 0.4) is 0 Å². The minimum absolute atomic E-state index is 0.393. The monoisotopic (exact) mass is 769 g/mol. The summed E-state index contributed by atoms with van der Waals surface area (Å²) in [5, 5.41) is 11.4. The second-order valence-electron chi connectivity index (χ2n) is 15.0. The third-order valence-corrected chi connectivity index (χ3v) is 10.8. The molecule has 1 atom stereocenters. The average Bonchev–Trinajstić information content (AvgIpc) is 4.01. The third-order valence-electron chi connectivity index (χ3n) is 10.8. The normalized spacial score (nSPS) is 17.7. The molecular weight excluding hydrogens is 729 g/mol. The summed E-state index contributed by atoms with van der Waals surface area (Å²) in [5.74, 6) is 3.26. The van der Waals surface area contributed by atoms with Crippen LogP contribution >= 0.6 is 0 Å². The number of nitrogens with one attached hydrogen (secondary N) is 1. The first-order chi connectivity index (χ1) is 27.6. The molecule has 8 aromatic heterocycles. The zero-order valence-corrected chi connectivity index (χ0v) is 32.1. The van der Waals surface area contributed by atoms with Gasteiger partial charge in [-0.2, -0.15) is 10.2 Å². The van der Waals surface area contributed by atoms with Gasteiger partial charge in [0.1, 0.15) is 46.0 Å². The Bertz CT molecular complexity index is 2710. The number of aromatic nitrogens is 14. The van der Waals surface area contributed by atoms with E-state index in [0.29, 0.717) is 64.6 Å². The number of rotatable bonds is 8. The number of aryl methyl sites for hydroxylation is 4. The molecule has 3 aliphatic heterocycles. The van der Waals surface area contributed by atoms with E-state index in [-0.39, 0.29) is 0 Å². The van der Waals surface area contributed by atoms with E-state index in [1.807, 2.05) is 43.0 Å². The highest BCUT2D eigenvalue weighted by molar-refractivity contribution is 5.80. The number of H-pyrrole nitrogens is 1. The number of fused-ring (bicyclic) bond motifs is 5. The number of halogens is 2. The molecule has 3 aliphatic rings. The highest BCUT2D eigenvalue weighted by Crippen LogP contribution is 2.33. The Hall–Kier alpha value is -6.36. The van der Waals surface area contributed by atoms with Crippen molar-refractivity contribution >= 4 is 22.3 Å². The highest BCUT2D eigenvalue weighted by atomic mass is 19.1. The lowest BCUT2D eigenvalue weighted by molar-refractivity contribution is 0.0405. The van der Waals surface area contributed by atoms with Gasteiger partial charge in [0.2, 0.25) is 0 Å². The largest absolute Gasteiger partial charge is 0.304 e. The standard InChI is InChI=1S/C24H27FN8.C16H14FN7/c1-15-22-24(29-16(2)28-15)33(23(30-22)19-7-21(25)10-26-9-19)12-17-8-27-32(11-17)14-20-13-31-5-3-18(20)4-6-31;1-9-14-16(22-10(2)21-9)24(8-11-4-19-20-5-11)15(23-14)12-3-13(17)7-18-6-12/h7-11,18,20H,3-6,12-14H2,1-2H3;3-7H,8H2,1-2H3,(H,19,20). The van der Waals surface area contributed by atoms with E-state index in [1.165, 1.54) is 57.0 Å². The Labute approximate surface area is 326 Å². The summed E-state index contributed by atoms with van der Waals surface area (Å²) in [6.07, 6.45) is 15.8. The van der Waals surface area contributed by atoms with Gasteiger partial charge in [-0.05, 0) is 77.6 Å². The van der Waals surface area contributed by atoms with E-state index in [2.05, 4.69) is 66.0 Å². The van der Waals surface area contributed by atoms with Crippen LogP contribution in [-0.2, 0) is 19.6 Å². The number of pyridine rings is 2. The van der Waals surface area contributed by atoms with Gasteiger partial charge in [-0.1, -0.05) is 0 Å². The Kier molecular flexibility index (Phi) is 9.52. The summed E-state index contributed by atoms with van der Waals surface area (Å²) < 4.78 is 33.6. The first-order valence-electron chi connectivity index (χ1n) is 19.0. The maximum absolute atomic E-state index is 14.0. The molecule has 0 aliphatic carbocycles. The van der Waals surface area contributed by atoms with Crippen molar-refractivity contribution in [2.75, 3.05) is 19.6 Å². The summed E-state index contributed by atoms with van der Waals surface area (Å²) in [4.78, 5) is 38.0. The molecule has 0 amide bonds. The number of piperidine rings is 3. The van der Waals surface area contributed by atoms with Gasteiger partial charge < -0.3 is 14.0 Å². The Morgan fingerprint density at radius 1 is 0.684 bits per heavy atom. The predicted molar refractivity (Wildman–Crippen MR) is 208 cm³/mol. The van der Waals surface area contributed by atoms with Crippen molar-refractivity contribution in [3.8, 4) is 22.8 Å². The van der Waals surface area contributed by atoms with Gasteiger partial charge in [-0.15, -0.1) is 0 Å². The molecule has 57 heavy (non-hydrogen) atoms. The van der Waals surface area contributed by atoms with Crippen LogP contribution in [0.5, 0.6) is 0 Å². The fraction of sp³-hybridized carbons (Fsp3) is 0.350. The summed E-state index contributed by atoms with van der Waals surface area (Å²) in [6.45, 7) is 13.2. The van der Waals surface area contributed by atoms with Crippen molar-refractivity contribution in [2.45, 2.75) is 60.2 Å². The van der Waals surface area contributed by atoms with Crippen LogP contribution in [0.4, 0.5) is 8.78 Å².